The Labute approximate surface area is 174 Å². The first kappa shape index (κ1) is 23.7. The van der Waals surface area contributed by atoms with Crippen molar-refractivity contribution in [2.75, 3.05) is 10.6 Å². The van der Waals surface area contributed by atoms with Crippen molar-refractivity contribution in [1.29, 1.82) is 0 Å². The summed E-state index contributed by atoms with van der Waals surface area (Å²) in [5, 5.41) is 5.66. The van der Waals surface area contributed by atoms with Gasteiger partial charge in [0.25, 0.3) is 0 Å². The predicted molar refractivity (Wildman–Crippen MR) is 121 cm³/mol. The molecule has 2 amide bonds. The number of amides is 2. The Balaban J connectivity index is 0.000000291. The molecule has 0 heterocycles. The zero-order valence-electron chi connectivity index (χ0n) is 16.9. The van der Waals surface area contributed by atoms with Crippen LogP contribution in [-0.4, -0.2) is 11.8 Å². The molecule has 0 aliphatic heterocycles. The smallest absolute Gasteiger partial charge is 0.224 e. The minimum absolute atomic E-state index is 0.0539. The van der Waals surface area contributed by atoms with Crippen molar-refractivity contribution in [3.8, 4) is 12.3 Å². The average Bonchev–Trinajstić information content (AvgIpc) is 2.73. The molecule has 2 aromatic carbocycles. The third-order valence-corrected chi connectivity index (χ3v) is 3.90. The van der Waals surface area contributed by atoms with Gasteiger partial charge in [0.15, 0.2) is 0 Å². The minimum atomic E-state index is 0.0539. The molecule has 0 saturated carbocycles. The van der Waals surface area contributed by atoms with Crippen LogP contribution in [-0.2, 0) is 9.59 Å². The number of carbonyl (C=O) groups excluding carboxylic acids is 2. The second-order valence-corrected chi connectivity index (χ2v) is 6.42. The predicted octanol–water partition coefficient (Wildman–Crippen LogP) is 5.80. The van der Waals surface area contributed by atoms with Crippen molar-refractivity contribution in [2.45, 2.75) is 44.9 Å². The molecule has 0 aliphatic carbocycles. The van der Waals surface area contributed by atoms with Crippen molar-refractivity contribution in [3.63, 3.8) is 0 Å². The van der Waals surface area contributed by atoms with E-state index in [1.54, 1.807) is 0 Å². The fraction of sp³-hybridized carbons (Fsp3) is 0.280. The summed E-state index contributed by atoms with van der Waals surface area (Å²) in [7, 11) is 0. The van der Waals surface area contributed by atoms with Gasteiger partial charge in [0.05, 0.1) is 0 Å². The summed E-state index contributed by atoms with van der Waals surface area (Å²) >= 11 is 0. The van der Waals surface area contributed by atoms with Crippen molar-refractivity contribution >= 4 is 23.2 Å². The monoisotopic (exact) mass is 390 g/mol. The highest BCUT2D eigenvalue weighted by Crippen LogP contribution is 2.08. The van der Waals surface area contributed by atoms with Crippen LogP contribution < -0.4 is 10.6 Å². The normalized spacial score (nSPS) is 9.34. The van der Waals surface area contributed by atoms with E-state index in [1.807, 2.05) is 66.7 Å². The molecular weight excluding hydrogens is 360 g/mol. The number of unbranched alkanes of at least 4 members (excludes halogenated alkanes) is 3. The number of para-hydroxylation sites is 2. The van der Waals surface area contributed by atoms with Gasteiger partial charge in [0.1, 0.15) is 0 Å². The molecule has 0 fully saturated rings. The second kappa shape index (κ2) is 15.7. The van der Waals surface area contributed by atoms with Crippen molar-refractivity contribution < 1.29 is 9.59 Å². The number of allylic oxidation sites excluding steroid dienone is 1. The maximum absolute atomic E-state index is 11.4. The number of nitrogens with one attached hydrogen (secondary N) is 2. The molecule has 0 saturated heterocycles. The summed E-state index contributed by atoms with van der Waals surface area (Å²) in [5.41, 5.74) is 1.70. The van der Waals surface area contributed by atoms with Crippen LogP contribution in [0.15, 0.2) is 73.3 Å². The third kappa shape index (κ3) is 12.6. The molecule has 2 N–H and O–H groups in total. The van der Waals surface area contributed by atoms with Gasteiger partial charge in [-0.2, -0.15) is 0 Å². The van der Waals surface area contributed by atoms with E-state index in [0.29, 0.717) is 12.8 Å². The highest BCUT2D eigenvalue weighted by molar-refractivity contribution is 5.91. The van der Waals surface area contributed by atoms with Crippen LogP contribution in [0.4, 0.5) is 11.4 Å². The first-order valence-corrected chi connectivity index (χ1v) is 9.90. The number of rotatable bonds is 10. The lowest BCUT2D eigenvalue weighted by Gasteiger charge is -2.03. The first-order chi connectivity index (χ1) is 14.2. The van der Waals surface area contributed by atoms with E-state index < -0.39 is 0 Å². The van der Waals surface area contributed by atoms with Crippen molar-refractivity contribution in [3.05, 3.63) is 73.3 Å². The van der Waals surface area contributed by atoms with E-state index in [1.165, 1.54) is 0 Å². The molecule has 2 aromatic rings. The summed E-state index contributed by atoms with van der Waals surface area (Å²) in [6.07, 6.45) is 12.3. The zero-order chi connectivity index (χ0) is 21.2. The fourth-order valence-electron chi connectivity index (χ4n) is 2.41. The third-order valence-electron chi connectivity index (χ3n) is 3.90. The minimum Gasteiger partial charge on any atom is -0.326 e. The quantitative estimate of drug-likeness (QED) is 0.306. The second-order valence-electron chi connectivity index (χ2n) is 6.42. The van der Waals surface area contributed by atoms with E-state index in [4.69, 9.17) is 6.42 Å². The van der Waals surface area contributed by atoms with E-state index in [2.05, 4.69) is 23.1 Å². The molecule has 0 radical (unpaired) electrons. The largest absolute Gasteiger partial charge is 0.326 e. The van der Waals surface area contributed by atoms with Crippen LogP contribution >= 0.6 is 0 Å². The standard InChI is InChI=1S/C13H15NO.C12H15NO/c1-2-3-4-8-11-13(15)14-12-9-6-5-7-10-12;1-2-3-5-10-12(14)13-11-8-6-4-7-9-11/h1,5-7,9-10H,3-4,8,11H2,(H,14,15);2,4,6-9H,1,3,5,10H2,(H,13,14). The summed E-state index contributed by atoms with van der Waals surface area (Å²) in [4.78, 5) is 22.8. The van der Waals surface area contributed by atoms with Gasteiger partial charge in [-0.05, 0) is 49.9 Å². The van der Waals surface area contributed by atoms with Crippen LogP contribution in [0.3, 0.4) is 0 Å². The number of terminal acetylenes is 1. The maximum Gasteiger partial charge on any atom is 0.224 e. The summed E-state index contributed by atoms with van der Waals surface area (Å²) < 4.78 is 0. The summed E-state index contributed by atoms with van der Waals surface area (Å²) in [6, 6.07) is 19.0. The van der Waals surface area contributed by atoms with Crippen LogP contribution in [0.25, 0.3) is 0 Å². The molecule has 0 aromatic heterocycles. The van der Waals surface area contributed by atoms with Crippen LogP contribution in [0.5, 0.6) is 0 Å². The van der Waals surface area contributed by atoms with Crippen molar-refractivity contribution in [2.24, 2.45) is 0 Å². The molecular formula is C25H30N2O2. The zero-order valence-corrected chi connectivity index (χ0v) is 16.9. The van der Waals surface area contributed by atoms with Gasteiger partial charge in [0, 0.05) is 30.6 Å². The maximum atomic E-state index is 11.4. The lowest BCUT2D eigenvalue weighted by molar-refractivity contribution is -0.117. The molecule has 29 heavy (non-hydrogen) atoms. The van der Waals surface area contributed by atoms with Gasteiger partial charge in [-0.15, -0.1) is 18.9 Å². The molecule has 0 spiro atoms. The Bertz CT molecular complexity index is 764. The molecule has 152 valence electrons. The van der Waals surface area contributed by atoms with Crippen molar-refractivity contribution in [1.82, 2.24) is 0 Å². The fourth-order valence-corrected chi connectivity index (χ4v) is 2.41. The average molecular weight is 391 g/mol. The molecule has 4 heteroatoms. The van der Waals surface area contributed by atoms with Gasteiger partial charge in [-0.1, -0.05) is 42.5 Å². The summed E-state index contributed by atoms with van der Waals surface area (Å²) in [5.74, 6) is 2.68. The Morgan fingerprint density at radius 3 is 1.76 bits per heavy atom. The number of carbonyl (C=O) groups is 2. The molecule has 0 aliphatic rings. The molecule has 0 atom stereocenters. The van der Waals surface area contributed by atoms with E-state index in [0.717, 1.165) is 43.5 Å². The van der Waals surface area contributed by atoms with Gasteiger partial charge in [-0.25, -0.2) is 0 Å². The van der Waals surface area contributed by atoms with E-state index in [-0.39, 0.29) is 11.8 Å². The van der Waals surface area contributed by atoms with Gasteiger partial charge >= 0.3 is 0 Å². The van der Waals surface area contributed by atoms with E-state index >= 15 is 0 Å². The topological polar surface area (TPSA) is 58.2 Å². The Morgan fingerprint density at radius 2 is 1.31 bits per heavy atom. The number of anilines is 2. The summed E-state index contributed by atoms with van der Waals surface area (Å²) in [6.45, 7) is 3.61. The number of benzene rings is 2. The van der Waals surface area contributed by atoms with Gasteiger partial charge < -0.3 is 10.6 Å². The lowest BCUT2D eigenvalue weighted by Crippen LogP contribution is -2.10. The van der Waals surface area contributed by atoms with E-state index in [9.17, 15) is 9.59 Å². The number of hydrogen-bond acceptors (Lipinski definition) is 2. The number of hydrogen-bond donors (Lipinski definition) is 2. The van der Waals surface area contributed by atoms with Crippen LogP contribution in [0, 0.1) is 12.3 Å². The Hall–Kier alpha value is -3.32. The Kier molecular flexibility index (Phi) is 12.8. The highest BCUT2D eigenvalue weighted by Gasteiger charge is 2.01. The molecule has 2 rings (SSSR count). The first-order valence-electron chi connectivity index (χ1n) is 9.90. The lowest BCUT2D eigenvalue weighted by atomic mass is 10.2. The van der Waals surface area contributed by atoms with Crippen LogP contribution in [0.2, 0.25) is 0 Å². The van der Waals surface area contributed by atoms with Gasteiger partial charge in [-0.3, -0.25) is 9.59 Å². The SMILES string of the molecule is C#CCCCCC(=O)Nc1ccccc1.C=CCCCC(=O)Nc1ccccc1. The molecule has 0 unspecified atom stereocenters. The van der Waals surface area contributed by atoms with Gasteiger partial charge in [0.2, 0.25) is 11.8 Å². The Morgan fingerprint density at radius 1 is 0.828 bits per heavy atom. The molecule has 4 nitrogen and oxygen atoms in total. The molecule has 0 bridgehead atoms. The van der Waals surface area contributed by atoms with Crippen LogP contribution in [0.1, 0.15) is 44.9 Å². The highest BCUT2D eigenvalue weighted by atomic mass is 16.2.